The number of nitrogens with one attached hydrogen (secondary N) is 1. The number of carbonyl (C=O) groups excluding carboxylic acids is 1. The molecule has 0 radical (unpaired) electrons. The van der Waals surface area contributed by atoms with Gasteiger partial charge in [-0.25, -0.2) is 4.79 Å². The van der Waals surface area contributed by atoms with Gasteiger partial charge in [-0.3, -0.25) is 9.48 Å². The minimum absolute atomic E-state index is 0.213. The first kappa shape index (κ1) is 17.0. The molecule has 0 unspecified atom stereocenters. The molecule has 23 heavy (non-hydrogen) atoms. The summed E-state index contributed by atoms with van der Waals surface area (Å²) in [6.45, 7) is 3.90. The molecule has 2 rings (SSSR count). The van der Waals surface area contributed by atoms with Crippen LogP contribution >= 0.6 is 11.6 Å². The van der Waals surface area contributed by atoms with Crippen molar-refractivity contribution in [3.8, 4) is 0 Å². The van der Waals surface area contributed by atoms with Gasteiger partial charge in [0.25, 0.3) is 5.91 Å². The van der Waals surface area contributed by atoms with Crippen LogP contribution in [0.3, 0.4) is 0 Å². The van der Waals surface area contributed by atoms with Crippen LogP contribution in [0.1, 0.15) is 29.8 Å². The van der Waals surface area contributed by atoms with Gasteiger partial charge in [-0.15, -0.1) is 0 Å². The molecule has 122 valence electrons. The number of amides is 1. The molecule has 1 heterocycles. The van der Waals surface area contributed by atoms with Gasteiger partial charge in [-0.1, -0.05) is 43.6 Å². The number of hydrogen-bond acceptors (Lipinski definition) is 3. The number of benzene rings is 1. The number of halogens is 1. The van der Waals surface area contributed by atoms with Crippen LogP contribution in [0, 0.1) is 5.92 Å². The molecular weight excluding hydrogens is 318 g/mol. The second-order valence-electron chi connectivity index (χ2n) is 5.55. The van der Waals surface area contributed by atoms with Gasteiger partial charge in [0.05, 0.1) is 18.3 Å². The summed E-state index contributed by atoms with van der Waals surface area (Å²) in [7, 11) is 0. The minimum Gasteiger partial charge on any atom is -0.480 e. The predicted molar refractivity (Wildman–Crippen MR) is 86.5 cm³/mol. The highest BCUT2D eigenvalue weighted by atomic mass is 35.5. The maximum Gasteiger partial charge on any atom is 0.326 e. The van der Waals surface area contributed by atoms with Crippen molar-refractivity contribution in [3.63, 3.8) is 0 Å². The SMILES string of the molecule is CC(C)[C@H](NC(=O)c1cnn(Cc2ccccc2Cl)c1)C(=O)O. The van der Waals surface area contributed by atoms with Crippen molar-refractivity contribution in [2.45, 2.75) is 26.4 Å². The van der Waals surface area contributed by atoms with Gasteiger partial charge in [-0.2, -0.15) is 5.10 Å². The standard InChI is InChI=1S/C16H18ClN3O3/c1-10(2)14(16(22)23)19-15(21)12-7-18-20(9-12)8-11-5-3-4-6-13(11)17/h3-7,9-10,14H,8H2,1-2H3,(H,19,21)(H,22,23)/t14-/m0/s1. The number of aliphatic carboxylic acids is 1. The Morgan fingerprint density at radius 3 is 2.65 bits per heavy atom. The van der Waals surface area contributed by atoms with Crippen LogP contribution in [0.15, 0.2) is 36.7 Å². The topological polar surface area (TPSA) is 84.2 Å². The molecule has 1 atom stereocenters. The molecule has 6 nitrogen and oxygen atoms in total. The summed E-state index contributed by atoms with van der Waals surface area (Å²) in [4.78, 5) is 23.3. The number of aromatic nitrogens is 2. The Balaban J connectivity index is 2.08. The molecule has 0 saturated heterocycles. The summed E-state index contributed by atoms with van der Waals surface area (Å²) in [5.41, 5.74) is 1.19. The van der Waals surface area contributed by atoms with Crippen LogP contribution in [0.2, 0.25) is 5.02 Å². The van der Waals surface area contributed by atoms with Gasteiger partial charge in [-0.05, 0) is 17.5 Å². The van der Waals surface area contributed by atoms with E-state index in [4.69, 9.17) is 16.7 Å². The van der Waals surface area contributed by atoms with Gasteiger partial charge in [0.15, 0.2) is 0 Å². The normalized spacial score (nSPS) is 12.2. The van der Waals surface area contributed by atoms with Gasteiger partial charge < -0.3 is 10.4 Å². The van der Waals surface area contributed by atoms with Gasteiger partial charge in [0.1, 0.15) is 6.04 Å². The fraction of sp³-hybridized carbons (Fsp3) is 0.312. The van der Waals surface area contributed by atoms with Gasteiger partial charge in [0, 0.05) is 11.2 Å². The first-order chi connectivity index (χ1) is 10.9. The van der Waals surface area contributed by atoms with Crippen molar-refractivity contribution in [2.75, 3.05) is 0 Å². The predicted octanol–water partition coefficient (Wildman–Crippen LogP) is 2.42. The second kappa shape index (κ2) is 7.28. The lowest BCUT2D eigenvalue weighted by atomic mass is 10.0. The number of hydrogen-bond donors (Lipinski definition) is 2. The van der Waals surface area contributed by atoms with E-state index in [-0.39, 0.29) is 5.92 Å². The highest BCUT2D eigenvalue weighted by Crippen LogP contribution is 2.16. The maximum atomic E-state index is 12.1. The van der Waals surface area contributed by atoms with E-state index in [1.165, 1.54) is 6.20 Å². The molecule has 1 aromatic carbocycles. The lowest BCUT2D eigenvalue weighted by molar-refractivity contribution is -0.140. The first-order valence-corrected chi connectivity index (χ1v) is 7.56. The Kier molecular flexibility index (Phi) is 5.39. The van der Waals surface area contributed by atoms with Gasteiger partial charge >= 0.3 is 5.97 Å². The van der Waals surface area contributed by atoms with E-state index in [0.717, 1.165) is 5.56 Å². The molecule has 0 fully saturated rings. The van der Waals surface area contributed by atoms with Crippen molar-refractivity contribution in [1.82, 2.24) is 15.1 Å². The zero-order valence-corrected chi connectivity index (χ0v) is 13.6. The van der Waals surface area contributed by atoms with Gasteiger partial charge in [0.2, 0.25) is 0 Å². The van der Waals surface area contributed by atoms with E-state index >= 15 is 0 Å². The quantitative estimate of drug-likeness (QED) is 0.849. The number of nitrogens with zero attached hydrogens (tertiary/aromatic N) is 2. The van der Waals surface area contributed by atoms with E-state index in [1.807, 2.05) is 18.2 Å². The molecule has 1 aromatic heterocycles. The average Bonchev–Trinajstić information content (AvgIpc) is 2.95. The number of rotatable bonds is 6. The van der Waals surface area contributed by atoms with E-state index in [9.17, 15) is 9.59 Å². The second-order valence-corrected chi connectivity index (χ2v) is 5.96. The largest absolute Gasteiger partial charge is 0.480 e. The summed E-state index contributed by atoms with van der Waals surface area (Å²) < 4.78 is 1.58. The molecule has 2 N–H and O–H groups in total. The lowest BCUT2D eigenvalue weighted by Gasteiger charge is -2.17. The molecule has 1 amide bonds. The third-order valence-electron chi connectivity index (χ3n) is 3.40. The summed E-state index contributed by atoms with van der Waals surface area (Å²) in [6.07, 6.45) is 2.98. The molecule has 0 aliphatic rings. The fourth-order valence-corrected chi connectivity index (χ4v) is 2.30. The van der Waals surface area contributed by atoms with Crippen LogP contribution < -0.4 is 5.32 Å². The van der Waals surface area contributed by atoms with Crippen molar-refractivity contribution < 1.29 is 14.7 Å². The monoisotopic (exact) mass is 335 g/mol. The minimum atomic E-state index is -1.06. The van der Waals surface area contributed by atoms with E-state index < -0.39 is 17.9 Å². The summed E-state index contributed by atoms with van der Waals surface area (Å²) in [5, 5.41) is 16.4. The number of carbonyl (C=O) groups is 2. The molecule has 7 heteroatoms. The molecule has 2 aromatic rings. The molecular formula is C16H18ClN3O3. The van der Waals surface area contributed by atoms with Crippen LogP contribution in [0.25, 0.3) is 0 Å². The van der Waals surface area contributed by atoms with Crippen molar-refractivity contribution >= 4 is 23.5 Å². The van der Waals surface area contributed by atoms with E-state index in [0.29, 0.717) is 17.1 Å². The zero-order chi connectivity index (χ0) is 17.0. The molecule has 0 spiro atoms. The van der Waals surface area contributed by atoms with E-state index in [2.05, 4.69) is 10.4 Å². The molecule has 0 aliphatic carbocycles. The smallest absolute Gasteiger partial charge is 0.326 e. The summed E-state index contributed by atoms with van der Waals surface area (Å²) in [5.74, 6) is -1.73. The van der Waals surface area contributed by atoms with Crippen LogP contribution in [-0.4, -0.2) is 32.8 Å². The first-order valence-electron chi connectivity index (χ1n) is 7.18. The van der Waals surface area contributed by atoms with Crippen LogP contribution in [0.5, 0.6) is 0 Å². The van der Waals surface area contributed by atoms with Crippen molar-refractivity contribution in [3.05, 3.63) is 52.8 Å². The maximum absolute atomic E-state index is 12.1. The number of carboxylic acids is 1. The summed E-state index contributed by atoms with van der Waals surface area (Å²) >= 11 is 6.10. The third-order valence-corrected chi connectivity index (χ3v) is 3.77. The summed E-state index contributed by atoms with van der Waals surface area (Å²) in [6, 6.07) is 6.44. The highest BCUT2D eigenvalue weighted by Gasteiger charge is 2.24. The Labute approximate surface area is 139 Å². The van der Waals surface area contributed by atoms with Crippen LogP contribution in [-0.2, 0) is 11.3 Å². The van der Waals surface area contributed by atoms with Crippen LogP contribution in [0.4, 0.5) is 0 Å². The number of carboxylic acid groups (broad SMARTS) is 1. The Bertz CT molecular complexity index is 712. The lowest BCUT2D eigenvalue weighted by Crippen LogP contribution is -2.44. The fourth-order valence-electron chi connectivity index (χ4n) is 2.11. The van der Waals surface area contributed by atoms with Crippen molar-refractivity contribution in [2.24, 2.45) is 5.92 Å². The van der Waals surface area contributed by atoms with Crippen molar-refractivity contribution in [1.29, 1.82) is 0 Å². The Morgan fingerprint density at radius 1 is 1.35 bits per heavy atom. The average molecular weight is 336 g/mol. The highest BCUT2D eigenvalue weighted by molar-refractivity contribution is 6.31. The van der Waals surface area contributed by atoms with E-state index in [1.54, 1.807) is 30.8 Å². The Hall–Kier alpha value is -2.34. The molecule has 0 bridgehead atoms. The zero-order valence-electron chi connectivity index (χ0n) is 12.9. The third kappa shape index (κ3) is 4.32. The molecule has 0 saturated carbocycles. The molecule has 0 aliphatic heterocycles. The Morgan fingerprint density at radius 2 is 2.04 bits per heavy atom.